The second-order valence-corrected chi connectivity index (χ2v) is 6.23. The molecule has 23 heavy (non-hydrogen) atoms. The van der Waals surface area contributed by atoms with Gasteiger partial charge in [0.2, 0.25) is 0 Å². The molecule has 1 aliphatic rings. The SMILES string of the molecule is CCOC(=O)c1cn2c(n1)COC(CNC(=O)OC(C)(C)C)C2. The summed E-state index contributed by atoms with van der Waals surface area (Å²) in [6.45, 7) is 8.56. The number of hydrogen-bond acceptors (Lipinski definition) is 6. The number of carbonyl (C=O) groups excluding carboxylic acids is 2. The van der Waals surface area contributed by atoms with Crippen LogP contribution in [0.1, 0.15) is 44.0 Å². The number of esters is 1. The van der Waals surface area contributed by atoms with Crippen LogP contribution in [0.4, 0.5) is 4.79 Å². The van der Waals surface area contributed by atoms with E-state index in [0.717, 1.165) is 0 Å². The number of nitrogens with zero attached hydrogens (tertiary/aromatic N) is 2. The molecule has 0 radical (unpaired) electrons. The minimum Gasteiger partial charge on any atom is -0.461 e. The zero-order valence-corrected chi connectivity index (χ0v) is 13.9. The maximum absolute atomic E-state index is 11.7. The summed E-state index contributed by atoms with van der Waals surface area (Å²) < 4.78 is 17.6. The summed E-state index contributed by atoms with van der Waals surface area (Å²) in [5.41, 5.74) is -0.269. The number of hydrogen-bond donors (Lipinski definition) is 1. The van der Waals surface area contributed by atoms with Gasteiger partial charge in [0.1, 0.15) is 18.0 Å². The van der Waals surface area contributed by atoms with E-state index in [-0.39, 0.29) is 18.4 Å². The van der Waals surface area contributed by atoms with Gasteiger partial charge in [-0.2, -0.15) is 0 Å². The van der Waals surface area contributed by atoms with Crippen molar-refractivity contribution >= 4 is 12.1 Å². The first-order chi connectivity index (χ1) is 10.8. The van der Waals surface area contributed by atoms with Gasteiger partial charge in [-0.1, -0.05) is 0 Å². The third kappa shape index (κ3) is 4.95. The quantitative estimate of drug-likeness (QED) is 0.843. The maximum Gasteiger partial charge on any atom is 0.407 e. The number of alkyl carbamates (subject to hydrolysis) is 1. The Morgan fingerprint density at radius 2 is 2.22 bits per heavy atom. The van der Waals surface area contributed by atoms with Gasteiger partial charge < -0.3 is 24.1 Å². The Kier molecular flexibility index (Phi) is 5.25. The maximum atomic E-state index is 11.7. The molecule has 0 spiro atoms. The number of fused-ring (bicyclic) bond motifs is 1. The lowest BCUT2D eigenvalue weighted by molar-refractivity contribution is -0.00105. The number of aromatic nitrogens is 2. The summed E-state index contributed by atoms with van der Waals surface area (Å²) in [6.07, 6.45) is 0.958. The van der Waals surface area contributed by atoms with Crippen molar-refractivity contribution in [1.82, 2.24) is 14.9 Å². The minimum absolute atomic E-state index is 0.209. The van der Waals surface area contributed by atoms with Crippen LogP contribution >= 0.6 is 0 Å². The Morgan fingerprint density at radius 3 is 2.87 bits per heavy atom. The molecule has 0 aliphatic carbocycles. The number of ether oxygens (including phenoxy) is 3. The van der Waals surface area contributed by atoms with E-state index in [4.69, 9.17) is 14.2 Å². The molecule has 0 aromatic carbocycles. The Labute approximate surface area is 135 Å². The van der Waals surface area contributed by atoms with Crippen LogP contribution in [0, 0.1) is 0 Å². The molecule has 1 amide bonds. The lowest BCUT2D eigenvalue weighted by atomic mass is 10.2. The zero-order chi connectivity index (χ0) is 17.0. The summed E-state index contributed by atoms with van der Waals surface area (Å²) >= 11 is 0. The van der Waals surface area contributed by atoms with E-state index >= 15 is 0 Å². The lowest BCUT2D eigenvalue weighted by Crippen LogP contribution is -2.40. The summed E-state index contributed by atoms with van der Waals surface area (Å²) in [4.78, 5) is 27.5. The van der Waals surface area contributed by atoms with Crippen LogP contribution in [0.15, 0.2) is 6.20 Å². The highest BCUT2D eigenvalue weighted by atomic mass is 16.6. The molecule has 1 aromatic rings. The molecule has 2 rings (SSSR count). The van der Waals surface area contributed by atoms with Crippen LogP contribution < -0.4 is 5.32 Å². The normalized spacial score (nSPS) is 17.3. The molecule has 0 bridgehead atoms. The standard InChI is InChI=1S/C15H23N3O5/c1-5-21-13(19)11-8-18-7-10(22-9-12(18)17-11)6-16-14(20)23-15(2,3)4/h8,10H,5-7,9H2,1-4H3,(H,16,20). The number of imidazole rings is 1. The first kappa shape index (κ1) is 17.3. The topological polar surface area (TPSA) is 91.7 Å². The van der Waals surface area contributed by atoms with E-state index in [2.05, 4.69) is 10.3 Å². The second-order valence-electron chi connectivity index (χ2n) is 6.23. The van der Waals surface area contributed by atoms with Crippen molar-refractivity contribution < 1.29 is 23.8 Å². The van der Waals surface area contributed by atoms with E-state index < -0.39 is 17.7 Å². The van der Waals surface area contributed by atoms with E-state index in [9.17, 15) is 9.59 Å². The molecule has 0 saturated heterocycles. The van der Waals surface area contributed by atoms with Crippen LogP contribution in [0.3, 0.4) is 0 Å². The largest absolute Gasteiger partial charge is 0.461 e. The van der Waals surface area contributed by atoms with Crippen LogP contribution in [-0.4, -0.2) is 46.5 Å². The van der Waals surface area contributed by atoms with Gasteiger partial charge in [-0.3, -0.25) is 0 Å². The molecule has 0 fully saturated rings. The summed E-state index contributed by atoms with van der Waals surface area (Å²) in [5, 5.41) is 2.68. The monoisotopic (exact) mass is 325 g/mol. The zero-order valence-electron chi connectivity index (χ0n) is 13.9. The van der Waals surface area contributed by atoms with E-state index in [1.165, 1.54) is 0 Å². The molecule has 1 aliphatic heterocycles. The predicted octanol–water partition coefficient (Wildman–Crippen LogP) is 1.48. The summed E-state index contributed by atoms with van der Waals surface area (Å²) in [5.74, 6) is 0.222. The lowest BCUT2D eigenvalue weighted by Gasteiger charge is -2.25. The Hall–Kier alpha value is -2.09. The molecule has 1 atom stereocenters. The van der Waals surface area contributed by atoms with Gasteiger partial charge in [-0.15, -0.1) is 0 Å². The average molecular weight is 325 g/mol. The van der Waals surface area contributed by atoms with Crippen molar-refractivity contribution in [2.24, 2.45) is 0 Å². The molecule has 0 saturated carbocycles. The molecule has 1 aromatic heterocycles. The Balaban J connectivity index is 1.88. The third-order valence-electron chi connectivity index (χ3n) is 3.07. The highest BCUT2D eigenvalue weighted by Gasteiger charge is 2.24. The number of amides is 1. The van der Waals surface area contributed by atoms with Gasteiger partial charge >= 0.3 is 12.1 Å². The van der Waals surface area contributed by atoms with Gasteiger partial charge in [-0.25, -0.2) is 14.6 Å². The fraction of sp³-hybridized carbons (Fsp3) is 0.667. The van der Waals surface area contributed by atoms with Gasteiger partial charge in [0, 0.05) is 12.7 Å². The smallest absolute Gasteiger partial charge is 0.407 e. The van der Waals surface area contributed by atoms with Gasteiger partial charge in [0.05, 0.1) is 19.3 Å². The Morgan fingerprint density at radius 1 is 1.48 bits per heavy atom. The Bertz CT molecular complexity index is 576. The van der Waals surface area contributed by atoms with Crippen LogP contribution in [0.2, 0.25) is 0 Å². The molecule has 1 unspecified atom stereocenters. The fourth-order valence-corrected chi connectivity index (χ4v) is 2.13. The van der Waals surface area contributed by atoms with E-state index in [0.29, 0.717) is 25.5 Å². The summed E-state index contributed by atoms with van der Waals surface area (Å²) in [7, 11) is 0. The van der Waals surface area contributed by atoms with Crippen molar-refractivity contribution in [2.45, 2.75) is 52.6 Å². The van der Waals surface area contributed by atoms with Crippen LogP contribution in [0.25, 0.3) is 0 Å². The highest BCUT2D eigenvalue weighted by Crippen LogP contribution is 2.15. The molecule has 8 heteroatoms. The molecular weight excluding hydrogens is 302 g/mol. The minimum atomic E-state index is -0.538. The van der Waals surface area contributed by atoms with E-state index in [1.54, 1.807) is 33.9 Å². The van der Waals surface area contributed by atoms with Crippen molar-refractivity contribution in [3.8, 4) is 0 Å². The average Bonchev–Trinajstić information content (AvgIpc) is 2.86. The van der Waals surface area contributed by atoms with Crippen molar-refractivity contribution in [1.29, 1.82) is 0 Å². The van der Waals surface area contributed by atoms with Crippen LogP contribution in [0.5, 0.6) is 0 Å². The highest BCUT2D eigenvalue weighted by molar-refractivity contribution is 5.87. The van der Waals surface area contributed by atoms with E-state index in [1.807, 2.05) is 4.57 Å². The molecular formula is C15H23N3O5. The molecule has 1 N–H and O–H groups in total. The number of rotatable bonds is 4. The first-order valence-electron chi connectivity index (χ1n) is 7.60. The van der Waals surface area contributed by atoms with Gasteiger partial charge in [-0.05, 0) is 27.7 Å². The molecule has 8 nitrogen and oxygen atoms in total. The first-order valence-corrected chi connectivity index (χ1v) is 7.60. The number of nitrogens with one attached hydrogen (secondary N) is 1. The third-order valence-corrected chi connectivity index (χ3v) is 3.07. The number of carbonyl (C=O) groups is 2. The van der Waals surface area contributed by atoms with Crippen molar-refractivity contribution in [2.75, 3.05) is 13.2 Å². The second kappa shape index (κ2) is 6.99. The van der Waals surface area contributed by atoms with Gasteiger partial charge in [0.25, 0.3) is 0 Å². The molecule has 128 valence electrons. The van der Waals surface area contributed by atoms with Crippen molar-refractivity contribution in [3.63, 3.8) is 0 Å². The molecule has 2 heterocycles. The van der Waals surface area contributed by atoms with Crippen LogP contribution in [-0.2, 0) is 27.4 Å². The fourth-order valence-electron chi connectivity index (χ4n) is 2.13. The van der Waals surface area contributed by atoms with Crippen molar-refractivity contribution in [3.05, 3.63) is 17.7 Å². The van der Waals surface area contributed by atoms with Gasteiger partial charge in [0.15, 0.2) is 5.69 Å². The predicted molar refractivity (Wildman–Crippen MR) is 81.0 cm³/mol. The summed E-state index contributed by atoms with van der Waals surface area (Å²) in [6, 6.07) is 0.